The summed E-state index contributed by atoms with van der Waals surface area (Å²) in [5, 5.41) is 8.39. The summed E-state index contributed by atoms with van der Waals surface area (Å²) >= 11 is 0. The molecule has 0 aromatic heterocycles. The third kappa shape index (κ3) is 2.51. The second kappa shape index (κ2) is 4.52. The standard InChI is InChI=1S/C15H22N2/c1-15(2,3)14(16)17-11-7-6-9-12-8-4-5-10-13(12)17/h4-5,8,10,16H,6-7,9,11H2,1-3H3. The quantitative estimate of drug-likeness (QED) is 0.532. The lowest BCUT2D eigenvalue weighted by molar-refractivity contribution is 0.570. The summed E-state index contributed by atoms with van der Waals surface area (Å²) in [4.78, 5) is 2.20. The topological polar surface area (TPSA) is 27.1 Å². The Balaban J connectivity index is 2.38. The van der Waals surface area contributed by atoms with E-state index in [1.54, 1.807) is 0 Å². The number of hydrogen-bond acceptors (Lipinski definition) is 1. The first-order chi connectivity index (χ1) is 8.00. The molecule has 92 valence electrons. The number of amidine groups is 1. The summed E-state index contributed by atoms with van der Waals surface area (Å²) < 4.78 is 0. The van der Waals surface area contributed by atoms with E-state index in [-0.39, 0.29) is 5.41 Å². The van der Waals surface area contributed by atoms with Gasteiger partial charge in [-0.15, -0.1) is 0 Å². The Bertz CT molecular complexity index is 415. The van der Waals surface area contributed by atoms with Crippen molar-refractivity contribution >= 4 is 11.5 Å². The minimum Gasteiger partial charge on any atom is -0.330 e. The van der Waals surface area contributed by atoms with Crippen LogP contribution in [0.1, 0.15) is 39.2 Å². The van der Waals surface area contributed by atoms with Gasteiger partial charge in [0.2, 0.25) is 0 Å². The zero-order chi connectivity index (χ0) is 12.5. The van der Waals surface area contributed by atoms with Crippen LogP contribution in [0.2, 0.25) is 0 Å². The second-order valence-electron chi connectivity index (χ2n) is 5.84. The number of rotatable bonds is 0. The Labute approximate surface area is 104 Å². The fraction of sp³-hybridized carbons (Fsp3) is 0.533. The number of anilines is 1. The first-order valence-corrected chi connectivity index (χ1v) is 6.44. The van der Waals surface area contributed by atoms with E-state index >= 15 is 0 Å². The lowest BCUT2D eigenvalue weighted by Gasteiger charge is -2.32. The predicted octanol–water partition coefficient (Wildman–Crippen LogP) is 3.85. The molecule has 0 amide bonds. The van der Waals surface area contributed by atoms with Gasteiger partial charge >= 0.3 is 0 Å². The maximum atomic E-state index is 8.39. The molecule has 1 N–H and O–H groups in total. The molecule has 17 heavy (non-hydrogen) atoms. The van der Waals surface area contributed by atoms with Crippen LogP contribution in [0.5, 0.6) is 0 Å². The van der Waals surface area contributed by atoms with Gasteiger partial charge in [0.05, 0.1) is 0 Å². The second-order valence-corrected chi connectivity index (χ2v) is 5.84. The normalized spacial score (nSPS) is 16.3. The summed E-state index contributed by atoms with van der Waals surface area (Å²) in [6, 6.07) is 8.53. The highest BCUT2D eigenvalue weighted by molar-refractivity contribution is 5.99. The molecule has 2 nitrogen and oxygen atoms in total. The Kier molecular flexibility index (Phi) is 3.23. The Morgan fingerprint density at radius 3 is 2.59 bits per heavy atom. The van der Waals surface area contributed by atoms with Crippen LogP contribution < -0.4 is 4.90 Å². The number of nitrogens with one attached hydrogen (secondary N) is 1. The lowest BCUT2D eigenvalue weighted by atomic mass is 9.93. The predicted molar refractivity (Wildman–Crippen MR) is 73.9 cm³/mol. The van der Waals surface area contributed by atoms with Crippen molar-refractivity contribution in [1.29, 1.82) is 5.41 Å². The first kappa shape index (κ1) is 12.2. The van der Waals surface area contributed by atoms with Crippen molar-refractivity contribution in [3.63, 3.8) is 0 Å². The van der Waals surface area contributed by atoms with Gasteiger partial charge in [-0.2, -0.15) is 0 Å². The molecule has 0 radical (unpaired) electrons. The van der Waals surface area contributed by atoms with Gasteiger partial charge in [-0.05, 0) is 30.9 Å². The van der Waals surface area contributed by atoms with Crippen molar-refractivity contribution in [2.75, 3.05) is 11.4 Å². The third-order valence-corrected chi connectivity index (χ3v) is 3.34. The highest BCUT2D eigenvalue weighted by Gasteiger charge is 2.26. The number of nitrogens with zero attached hydrogens (tertiary/aromatic N) is 1. The van der Waals surface area contributed by atoms with Crippen LogP contribution in [0.3, 0.4) is 0 Å². The van der Waals surface area contributed by atoms with E-state index < -0.39 is 0 Å². The minimum absolute atomic E-state index is 0.0859. The van der Waals surface area contributed by atoms with E-state index in [1.165, 1.54) is 24.1 Å². The summed E-state index contributed by atoms with van der Waals surface area (Å²) in [6.07, 6.45) is 3.54. The zero-order valence-electron chi connectivity index (χ0n) is 11.1. The van der Waals surface area contributed by atoms with E-state index in [2.05, 4.69) is 49.9 Å². The molecule has 1 heterocycles. The molecule has 2 heteroatoms. The maximum Gasteiger partial charge on any atom is 0.106 e. The minimum atomic E-state index is -0.0859. The van der Waals surface area contributed by atoms with Gasteiger partial charge in [-0.3, -0.25) is 5.41 Å². The number of aryl methyl sites for hydroxylation is 1. The molecular weight excluding hydrogens is 208 g/mol. The van der Waals surface area contributed by atoms with E-state index in [4.69, 9.17) is 5.41 Å². The van der Waals surface area contributed by atoms with Crippen LogP contribution in [0, 0.1) is 10.8 Å². The van der Waals surface area contributed by atoms with Gasteiger partial charge < -0.3 is 4.90 Å². The summed E-state index contributed by atoms with van der Waals surface area (Å²) in [7, 11) is 0. The fourth-order valence-electron chi connectivity index (χ4n) is 2.33. The molecule has 2 rings (SSSR count). The van der Waals surface area contributed by atoms with Crippen LogP contribution in [0.4, 0.5) is 5.69 Å². The molecule has 0 atom stereocenters. The molecule has 1 aromatic rings. The third-order valence-electron chi connectivity index (χ3n) is 3.34. The molecule has 0 saturated carbocycles. The summed E-state index contributed by atoms with van der Waals surface area (Å²) in [5.41, 5.74) is 2.54. The Morgan fingerprint density at radius 1 is 1.18 bits per heavy atom. The van der Waals surface area contributed by atoms with Crippen LogP contribution in [0.15, 0.2) is 24.3 Å². The van der Waals surface area contributed by atoms with Crippen molar-refractivity contribution in [3.05, 3.63) is 29.8 Å². The Hall–Kier alpha value is -1.31. The van der Waals surface area contributed by atoms with Gasteiger partial charge in [-0.25, -0.2) is 0 Å². The highest BCUT2D eigenvalue weighted by atomic mass is 15.2. The van der Waals surface area contributed by atoms with E-state index in [9.17, 15) is 0 Å². The number of para-hydroxylation sites is 1. The first-order valence-electron chi connectivity index (χ1n) is 6.44. The van der Waals surface area contributed by atoms with E-state index in [0.717, 1.165) is 18.8 Å². The molecule has 0 bridgehead atoms. The van der Waals surface area contributed by atoms with Crippen molar-refractivity contribution < 1.29 is 0 Å². The van der Waals surface area contributed by atoms with Crippen LogP contribution in [0.25, 0.3) is 0 Å². The van der Waals surface area contributed by atoms with E-state index in [0.29, 0.717) is 0 Å². The van der Waals surface area contributed by atoms with Gasteiger partial charge in [0.15, 0.2) is 0 Å². The highest BCUT2D eigenvalue weighted by Crippen LogP contribution is 2.30. The zero-order valence-corrected chi connectivity index (χ0v) is 11.1. The lowest BCUT2D eigenvalue weighted by Crippen LogP contribution is -2.39. The molecule has 0 unspecified atom stereocenters. The fourth-order valence-corrected chi connectivity index (χ4v) is 2.33. The van der Waals surface area contributed by atoms with Crippen molar-refractivity contribution in [2.24, 2.45) is 5.41 Å². The number of fused-ring (bicyclic) bond motifs is 1. The molecule has 1 aliphatic heterocycles. The summed E-state index contributed by atoms with van der Waals surface area (Å²) in [5.74, 6) is 0.729. The summed E-state index contributed by atoms with van der Waals surface area (Å²) in [6.45, 7) is 7.32. The van der Waals surface area contributed by atoms with Gasteiger partial charge in [0, 0.05) is 17.6 Å². The smallest absolute Gasteiger partial charge is 0.106 e. The Morgan fingerprint density at radius 2 is 1.88 bits per heavy atom. The molecule has 0 aliphatic carbocycles. The average Bonchev–Trinajstić information content (AvgIpc) is 2.48. The van der Waals surface area contributed by atoms with Gasteiger partial charge in [0.25, 0.3) is 0 Å². The number of benzene rings is 1. The molecule has 0 spiro atoms. The van der Waals surface area contributed by atoms with Gasteiger partial charge in [-0.1, -0.05) is 39.0 Å². The van der Waals surface area contributed by atoms with Crippen LogP contribution >= 0.6 is 0 Å². The SMILES string of the molecule is CC(C)(C)C(=N)N1CCCCc2ccccc21. The van der Waals surface area contributed by atoms with Crippen LogP contribution in [-0.4, -0.2) is 12.4 Å². The van der Waals surface area contributed by atoms with Crippen LogP contribution in [-0.2, 0) is 6.42 Å². The number of hydrogen-bond donors (Lipinski definition) is 1. The molecule has 0 saturated heterocycles. The van der Waals surface area contributed by atoms with Crippen molar-refractivity contribution in [3.8, 4) is 0 Å². The largest absolute Gasteiger partial charge is 0.330 e. The maximum absolute atomic E-state index is 8.39. The average molecular weight is 230 g/mol. The molecule has 1 aliphatic rings. The monoisotopic (exact) mass is 230 g/mol. The molecule has 0 fully saturated rings. The van der Waals surface area contributed by atoms with Crippen molar-refractivity contribution in [1.82, 2.24) is 0 Å². The van der Waals surface area contributed by atoms with Gasteiger partial charge in [0.1, 0.15) is 5.84 Å². The molecular formula is C15H22N2. The van der Waals surface area contributed by atoms with Crippen molar-refractivity contribution in [2.45, 2.75) is 40.0 Å². The van der Waals surface area contributed by atoms with E-state index in [1.807, 2.05) is 0 Å². The molecule has 1 aromatic carbocycles.